The van der Waals surface area contributed by atoms with Crippen LogP contribution in [0.3, 0.4) is 0 Å². The Morgan fingerprint density at radius 1 is 1.35 bits per heavy atom. The first-order chi connectivity index (χ1) is 8.06. The molecule has 0 aliphatic heterocycles. The molecule has 5 nitrogen and oxygen atoms in total. The van der Waals surface area contributed by atoms with Crippen LogP contribution in [0.2, 0.25) is 0 Å². The monoisotopic (exact) mass is 239 g/mol. The molecule has 2 bridgehead atoms. The van der Waals surface area contributed by atoms with Crippen LogP contribution in [0.5, 0.6) is 0 Å². The zero-order valence-corrected chi connectivity index (χ0v) is 10.2. The lowest BCUT2D eigenvalue weighted by molar-refractivity contribution is -0.121. The van der Waals surface area contributed by atoms with Gasteiger partial charge in [0.15, 0.2) is 0 Å². The van der Waals surface area contributed by atoms with E-state index in [1.807, 2.05) is 0 Å². The van der Waals surface area contributed by atoms with Crippen molar-refractivity contribution in [1.29, 1.82) is 0 Å². The van der Waals surface area contributed by atoms with Gasteiger partial charge in [0.25, 0.3) is 0 Å². The quantitative estimate of drug-likeness (QED) is 0.671. The number of carbonyl (C=O) groups is 2. The molecule has 0 saturated heterocycles. The number of urea groups is 1. The Morgan fingerprint density at radius 3 is 2.65 bits per heavy atom. The Bertz CT molecular complexity index is 319. The lowest BCUT2D eigenvalue weighted by Crippen LogP contribution is -2.47. The summed E-state index contributed by atoms with van der Waals surface area (Å²) in [6, 6.07) is -1.15. The Morgan fingerprint density at radius 2 is 2.12 bits per heavy atom. The fourth-order valence-electron chi connectivity index (χ4n) is 3.28. The first kappa shape index (κ1) is 12.4. The number of nitrogens with two attached hydrogens (primary N) is 1. The third-order valence-electron chi connectivity index (χ3n) is 4.21. The fourth-order valence-corrected chi connectivity index (χ4v) is 3.28. The second kappa shape index (κ2) is 5.04. The molecule has 0 aromatic carbocycles. The number of fused-ring (bicyclic) bond motifs is 2. The molecule has 3 amide bonds. The molecule has 4 N–H and O–H groups in total. The van der Waals surface area contributed by atoms with Crippen molar-refractivity contribution in [3.63, 3.8) is 0 Å². The summed E-state index contributed by atoms with van der Waals surface area (Å²) < 4.78 is 0. The van der Waals surface area contributed by atoms with Crippen LogP contribution in [0.25, 0.3) is 0 Å². The SMILES string of the molecule is CC(NCC1CC2CCC1C2)C(=O)NC(N)=O. The van der Waals surface area contributed by atoms with Gasteiger partial charge in [-0.05, 0) is 50.5 Å². The molecule has 2 rings (SSSR count). The lowest BCUT2D eigenvalue weighted by Gasteiger charge is -2.23. The van der Waals surface area contributed by atoms with Crippen LogP contribution in [-0.4, -0.2) is 24.5 Å². The summed E-state index contributed by atoms with van der Waals surface area (Å²) >= 11 is 0. The molecule has 17 heavy (non-hydrogen) atoms. The second-order valence-electron chi connectivity index (χ2n) is 5.42. The van der Waals surface area contributed by atoms with Gasteiger partial charge in [-0.3, -0.25) is 10.1 Å². The first-order valence-electron chi connectivity index (χ1n) is 6.40. The van der Waals surface area contributed by atoms with Gasteiger partial charge in [0.1, 0.15) is 0 Å². The predicted octanol–water partition coefficient (Wildman–Crippen LogP) is 0.596. The van der Waals surface area contributed by atoms with E-state index in [4.69, 9.17) is 5.73 Å². The maximum absolute atomic E-state index is 11.4. The van der Waals surface area contributed by atoms with Crippen molar-refractivity contribution < 1.29 is 9.59 Å². The van der Waals surface area contributed by atoms with Gasteiger partial charge in [0.05, 0.1) is 6.04 Å². The Balaban J connectivity index is 1.71. The maximum atomic E-state index is 11.4. The molecule has 2 saturated carbocycles. The van der Waals surface area contributed by atoms with Crippen molar-refractivity contribution in [3.8, 4) is 0 Å². The summed E-state index contributed by atoms with van der Waals surface area (Å²) in [4.78, 5) is 22.0. The van der Waals surface area contributed by atoms with Gasteiger partial charge in [0.2, 0.25) is 5.91 Å². The number of imide groups is 1. The van der Waals surface area contributed by atoms with E-state index >= 15 is 0 Å². The molecule has 2 aliphatic carbocycles. The van der Waals surface area contributed by atoms with Gasteiger partial charge >= 0.3 is 6.03 Å². The average Bonchev–Trinajstić information content (AvgIpc) is 2.86. The maximum Gasteiger partial charge on any atom is 0.318 e. The molecule has 0 aromatic heterocycles. The third-order valence-corrected chi connectivity index (χ3v) is 4.21. The van der Waals surface area contributed by atoms with Crippen molar-refractivity contribution in [2.75, 3.05) is 6.54 Å². The summed E-state index contributed by atoms with van der Waals surface area (Å²) in [7, 11) is 0. The highest BCUT2D eigenvalue weighted by atomic mass is 16.2. The minimum absolute atomic E-state index is 0.347. The van der Waals surface area contributed by atoms with E-state index in [0.29, 0.717) is 5.92 Å². The first-order valence-corrected chi connectivity index (χ1v) is 6.40. The minimum Gasteiger partial charge on any atom is -0.351 e. The van der Waals surface area contributed by atoms with E-state index < -0.39 is 6.03 Å². The van der Waals surface area contributed by atoms with Gasteiger partial charge < -0.3 is 11.1 Å². The van der Waals surface area contributed by atoms with Gasteiger partial charge in [0, 0.05) is 0 Å². The number of hydrogen-bond donors (Lipinski definition) is 3. The highest BCUT2D eigenvalue weighted by Crippen LogP contribution is 2.47. The molecule has 0 aromatic rings. The standard InChI is InChI=1S/C12H21N3O2/c1-7(11(16)15-12(13)17)14-6-10-5-8-2-3-9(10)4-8/h7-10,14H,2-6H2,1H3,(H3,13,15,16,17). The van der Waals surface area contributed by atoms with Crippen LogP contribution < -0.4 is 16.4 Å². The molecule has 2 aliphatic rings. The van der Waals surface area contributed by atoms with Crippen LogP contribution in [-0.2, 0) is 4.79 Å². The number of nitrogens with one attached hydrogen (secondary N) is 2. The highest BCUT2D eigenvalue weighted by molar-refractivity contribution is 5.96. The lowest BCUT2D eigenvalue weighted by atomic mass is 9.89. The number of hydrogen-bond acceptors (Lipinski definition) is 3. The summed E-state index contributed by atoms with van der Waals surface area (Å²) in [6.07, 6.45) is 5.40. The molecule has 4 atom stereocenters. The Labute approximate surface area is 102 Å². The largest absolute Gasteiger partial charge is 0.351 e. The summed E-state index contributed by atoms with van der Waals surface area (Å²) in [5.74, 6) is 2.12. The number of rotatable bonds is 4. The molecular weight excluding hydrogens is 218 g/mol. The zero-order chi connectivity index (χ0) is 12.4. The smallest absolute Gasteiger partial charge is 0.318 e. The molecule has 5 heteroatoms. The molecule has 0 heterocycles. The summed E-state index contributed by atoms with van der Waals surface area (Å²) in [5.41, 5.74) is 4.90. The fraction of sp³-hybridized carbons (Fsp3) is 0.833. The molecule has 0 spiro atoms. The van der Waals surface area contributed by atoms with Gasteiger partial charge in [-0.15, -0.1) is 0 Å². The molecule has 96 valence electrons. The second-order valence-corrected chi connectivity index (χ2v) is 5.42. The van der Waals surface area contributed by atoms with E-state index in [2.05, 4.69) is 10.6 Å². The van der Waals surface area contributed by atoms with Gasteiger partial charge in [-0.1, -0.05) is 6.42 Å². The van der Waals surface area contributed by atoms with Gasteiger partial charge in [-0.25, -0.2) is 4.79 Å². The van der Waals surface area contributed by atoms with Crippen molar-refractivity contribution >= 4 is 11.9 Å². The van der Waals surface area contributed by atoms with Gasteiger partial charge in [-0.2, -0.15) is 0 Å². The van der Waals surface area contributed by atoms with Crippen LogP contribution in [0.1, 0.15) is 32.6 Å². The summed E-state index contributed by atoms with van der Waals surface area (Å²) in [6.45, 7) is 2.62. The van der Waals surface area contributed by atoms with Crippen molar-refractivity contribution in [1.82, 2.24) is 10.6 Å². The van der Waals surface area contributed by atoms with Crippen LogP contribution in [0, 0.1) is 17.8 Å². The summed E-state index contributed by atoms with van der Waals surface area (Å²) in [5, 5.41) is 5.28. The number of carbonyl (C=O) groups excluding carboxylic acids is 2. The van der Waals surface area contributed by atoms with E-state index in [-0.39, 0.29) is 11.9 Å². The van der Waals surface area contributed by atoms with Crippen molar-refractivity contribution in [2.45, 2.75) is 38.6 Å². The normalized spacial score (nSPS) is 32.4. The predicted molar refractivity (Wildman–Crippen MR) is 64.1 cm³/mol. The Hall–Kier alpha value is -1.10. The van der Waals surface area contributed by atoms with Crippen molar-refractivity contribution in [2.24, 2.45) is 23.5 Å². The molecule has 2 fully saturated rings. The van der Waals surface area contributed by atoms with E-state index in [1.165, 1.54) is 25.7 Å². The minimum atomic E-state index is -0.788. The molecular formula is C12H21N3O2. The van der Waals surface area contributed by atoms with Crippen LogP contribution in [0.15, 0.2) is 0 Å². The highest BCUT2D eigenvalue weighted by Gasteiger charge is 2.39. The van der Waals surface area contributed by atoms with E-state index in [0.717, 1.165) is 18.4 Å². The van der Waals surface area contributed by atoms with Crippen LogP contribution in [0.4, 0.5) is 4.79 Å². The Kier molecular flexibility index (Phi) is 3.66. The molecule has 4 unspecified atom stereocenters. The van der Waals surface area contributed by atoms with Crippen LogP contribution >= 0.6 is 0 Å². The third kappa shape index (κ3) is 2.97. The van der Waals surface area contributed by atoms with E-state index in [9.17, 15) is 9.59 Å². The topological polar surface area (TPSA) is 84.2 Å². The van der Waals surface area contributed by atoms with E-state index in [1.54, 1.807) is 6.92 Å². The molecule has 0 radical (unpaired) electrons. The zero-order valence-electron chi connectivity index (χ0n) is 10.2. The number of amides is 3. The average molecular weight is 239 g/mol. The van der Waals surface area contributed by atoms with Crippen molar-refractivity contribution in [3.05, 3.63) is 0 Å². The number of primary amides is 1.